The Labute approximate surface area is 161 Å². The summed E-state index contributed by atoms with van der Waals surface area (Å²) in [6, 6.07) is 8.66. The van der Waals surface area contributed by atoms with Gasteiger partial charge in [0.05, 0.1) is 22.7 Å². The van der Waals surface area contributed by atoms with Gasteiger partial charge in [-0.15, -0.1) is 0 Å². The summed E-state index contributed by atoms with van der Waals surface area (Å²) in [7, 11) is 1.52. The van der Waals surface area contributed by atoms with Crippen molar-refractivity contribution >= 4 is 34.9 Å². The average molecular weight is 393 g/mol. The second-order valence-corrected chi connectivity index (χ2v) is 7.11. The molecule has 0 bridgehead atoms. The van der Waals surface area contributed by atoms with Gasteiger partial charge in [0, 0.05) is 37.2 Å². The lowest BCUT2D eigenvalue weighted by Gasteiger charge is -2.17. The molecule has 1 aliphatic heterocycles. The molecule has 1 amide bonds. The molecule has 1 aromatic heterocycles. The largest absolute Gasteiger partial charge is 0.481 e. The van der Waals surface area contributed by atoms with Crippen molar-refractivity contribution in [2.75, 3.05) is 20.2 Å². The third kappa shape index (κ3) is 3.69. The number of carbonyl (C=O) groups excluding carboxylic acids is 2. The average Bonchev–Trinajstić information content (AvgIpc) is 3.09. The summed E-state index contributed by atoms with van der Waals surface area (Å²) < 4.78 is 5.01. The van der Waals surface area contributed by atoms with Gasteiger partial charge in [0.2, 0.25) is 5.88 Å². The molecule has 7 heteroatoms. The smallest absolute Gasteiger partial charge is 0.255 e. The van der Waals surface area contributed by atoms with Crippen LogP contribution < -0.4 is 4.74 Å². The van der Waals surface area contributed by atoms with E-state index in [1.807, 2.05) is 6.07 Å². The fraction of sp³-hybridized carbons (Fsp3) is 0.316. The van der Waals surface area contributed by atoms with Gasteiger partial charge >= 0.3 is 0 Å². The van der Waals surface area contributed by atoms with Gasteiger partial charge in [-0.2, -0.15) is 0 Å². The van der Waals surface area contributed by atoms with E-state index >= 15 is 0 Å². The standard InChI is InChI=1S/C19H18Cl2N2O3/c1-11(24)14-9-23(19(25)13-4-6-18(26-2)22-8-13)10-15(14)12-3-5-16(20)17(21)7-12/h3-8,14-15H,9-10H2,1-2H3/t14-,15+/m0/s1. The monoisotopic (exact) mass is 392 g/mol. The molecule has 2 aromatic rings. The van der Waals surface area contributed by atoms with Crippen molar-refractivity contribution < 1.29 is 14.3 Å². The highest BCUT2D eigenvalue weighted by atomic mass is 35.5. The van der Waals surface area contributed by atoms with E-state index in [2.05, 4.69) is 4.98 Å². The number of hydrogen-bond donors (Lipinski definition) is 0. The summed E-state index contributed by atoms with van der Waals surface area (Å²) in [6.07, 6.45) is 1.48. The first-order valence-corrected chi connectivity index (χ1v) is 8.91. The van der Waals surface area contributed by atoms with E-state index in [0.29, 0.717) is 34.6 Å². The van der Waals surface area contributed by atoms with Gasteiger partial charge in [-0.25, -0.2) is 4.98 Å². The van der Waals surface area contributed by atoms with Crippen molar-refractivity contribution in [2.24, 2.45) is 5.92 Å². The van der Waals surface area contributed by atoms with E-state index in [1.165, 1.54) is 13.3 Å². The van der Waals surface area contributed by atoms with E-state index in [4.69, 9.17) is 27.9 Å². The van der Waals surface area contributed by atoms with Gasteiger partial charge in [0.25, 0.3) is 5.91 Å². The summed E-state index contributed by atoms with van der Waals surface area (Å²) >= 11 is 12.1. The maximum atomic E-state index is 12.8. The maximum absolute atomic E-state index is 12.8. The van der Waals surface area contributed by atoms with E-state index in [1.54, 1.807) is 36.1 Å². The maximum Gasteiger partial charge on any atom is 0.255 e. The van der Waals surface area contributed by atoms with Crippen LogP contribution in [0.5, 0.6) is 5.88 Å². The molecular formula is C19H18Cl2N2O3. The summed E-state index contributed by atoms with van der Waals surface area (Å²) in [4.78, 5) is 30.7. The van der Waals surface area contributed by atoms with Crippen LogP contribution >= 0.6 is 23.2 Å². The summed E-state index contributed by atoms with van der Waals surface area (Å²) in [6.45, 7) is 2.36. The van der Waals surface area contributed by atoms with Crippen LogP contribution in [0.1, 0.15) is 28.8 Å². The van der Waals surface area contributed by atoms with E-state index < -0.39 is 0 Å². The molecule has 0 unspecified atom stereocenters. The lowest BCUT2D eigenvalue weighted by Crippen LogP contribution is -2.29. The number of hydrogen-bond acceptors (Lipinski definition) is 4. The number of ether oxygens (including phenoxy) is 1. The molecule has 2 atom stereocenters. The van der Waals surface area contributed by atoms with Gasteiger partial charge in [-0.3, -0.25) is 9.59 Å². The molecular weight excluding hydrogens is 375 g/mol. The van der Waals surface area contributed by atoms with Crippen molar-refractivity contribution in [2.45, 2.75) is 12.8 Å². The van der Waals surface area contributed by atoms with Crippen LogP contribution in [0.25, 0.3) is 0 Å². The van der Waals surface area contributed by atoms with Crippen LogP contribution in [0.3, 0.4) is 0 Å². The van der Waals surface area contributed by atoms with Gasteiger partial charge < -0.3 is 9.64 Å². The molecule has 1 aromatic carbocycles. The second-order valence-electron chi connectivity index (χ2n) is 6.30. The first-order chi connectivity index (χ1) is 12.4. The molecule has 136 valence electrons. The van der Waals surface area contributed by atoms with Crippen molar-refractivity contribution in [1.82, 2.24) is 9.88 Å². The Morgan fingerprint density at radius 3 is 2.50 bits per heavy atom. The molecule has 3 rings (SSSR count). The number of Topliss-reactive ketones (excluding diaryl/α,β-unsaturated/α-hetero) is 1. The van der Waals surface area contributed by atoms with Crippen LogP contribution in [-0.2, 0) is 4.79 Å². The normalized spacial score (nSPS) is 19.5. The Bertz CT molecular complexity index is 839. The Balaban J connectivity index is 1.85. The van der Waals surface area contributed by atoms with Gasteiger partial charge in [-0.05, 0) is 30.7 Å². The van der Waals surface area contributed by atoms with Crippen molar-refractivity contribution in [3.63, 3.8) is 0 Å². The Morgan fingerprint density at radius 1 is 1.15 bits per heavy atom. The topological polar surface area (TPSA) is 59.5 Å². The van der Waals surface area contributed by atoms with Crippen molar-refractivity contribution in [3.8, 4) is 5.88 Å². The van der Waals surface area contributed by atoms with E-state index in [9.17, 15) is 9.59 Å². The second kappa shape index (κ2) is 7.64. The van der Waals surface area contributed by atoms with Crippen LogP contribution in [0.15, 0.2) is 36.5 Å². The first kappa shape index (κ1) is 18.7. The molecule has 26 heavy (non-hydrogen) atoms. The highest BCUT2D eigenvalue weighted by Crippen LogP contribution is 2.36. The Morgan fingerprint density at radius 2 is 1.92 bits per heavy atom. The highest BCUT2D eigenvalue weighted by Gasteiger charge is 2.39. The van der Waals surface area contributed by atoms with Crippen LogP contribution in [0.4, 0.5) is 0 Å². The molecule has 1 fully saturated rings. The summed E-state index contributed by atoms with van der Waals surface area (Å²) in [5.41, 5.74) is 1.37. The fourth-order valence-electron chi connectivity index (χ4n) is 3.27. The number of likely N-dealkylation sites (tertiary alicyclic amines) is 1. The molecule has 0 radical (unpaired) electrons. The highest BCUT2D eigenvalue weighted by molar-refractivity contribution is 6.42. The Hall–Kier alpha value is -2.11. The lowest BCUT2D eigenvalue weighted by atomic mass is 9.87. The number of pyridine rings is 1. The number of carbonyl (C=O) groups is 2. The zero-order valence-electron chi connectivity index (χ0n) is 14.4. The predicted molar refractivity (Wildman–Crippen MR) is 100 cm³/mol. The van der Waals surface area contributed by atoms with Crippen LogP contribution in [0.2, 0.25) is 10.0 Å². The molecule has 0 saturated carbocycles. The number of rotatable bonds is 4. The van der Waals surface area contributed by atoms with E-state index in [0.717, 1.165) is 5.56 Å². The van der Waals surface area contributed by atoms with Gasteiger partial charge in [0.1, 0.15) is 5.78 Å². The number of benzene rings is 1. The molecule has 0 aliphatic carbocycles. The van der Waals surface area contributed by atoms with Gasteiger partial charge in [0.15, 0.2) is 0 Å². The fourth-order valence-corrected chi connectivity index (χ4v) is 3.58. The third-order valence-corrected chi connectivity index (χ3v) is 5.43. The first-order valence-electron chi connectivity index (χ1n) is 8.15. The van der Waals surface area contributed by atoms with Gasteiger partial charge in [-0.1, -0.05) is 29.3 Å². The minimum absolute atomic E-state index is 0.0456. The lowest BCUT2D eigenvalue weighted by molar-refractivity contribution is -0.120. The van der Waals surface area contributed by atoms with Crippen LogP contribution in [0, 0.1) is 5.92 Å². The summed E-state index contributed by atoms with van der Waals surface area (Å²) in [5.74, 6) is -0.0590. The molecule has 2 heterocycles. The number of ketones is 1. The molecule has 1 aliphatic rings. The molecule has 0 spiro atoms. The number of halogens is 2. The zero-order chi connectivity index (χ0) is 18.8. The number of methoxy groups -OCH3 is 1. The predicted octanol–water partition coefficient (Wildman–Crippen LogP) is 3.84. The number of aromatic nitrogens is 1. The van der Waals surface area contributed by atoms with E-state index in [-0.39, 0.29) is 23.5 Å². The quantitative estimate of drug-likeness (QED) is 0.792. The summed E-state index contributed by atoms with van der Waals surface area (Å²) in [5, 5.41) is 0.903. The van der Waals surface area contributed by atoms with Crippen LogP contribution in [-0.4, -0.2) is 41.8 Å². The van der Waals surface area contributed by atoms with Crippen molar-refractivity contribution in [3.05, 3.63) is 57.7 Å². The zero-order valence-corrected chi connectivity index (χ0v) is 15.9. The third-order valence-electron chi connectivity index (χ3n) is 4.69. The molecule has 5 nitrogen and oxygen atoms in total. The number of amides is 1. The van der Waals surface area contributed by atoms with Crippen molar-refractivity contribution in [1.29, 1.82) is 0 Å². The SMILES string of the molecule is COc1ccc(C(=O)N2C[C@H](c3ccc(Cl)c(Cl)c3)[C@H](C(C)=O)C2)cn1. The Kier molecular flexibility index (Phi) is 5.49. The number of nitrogens with zero attached hydrogens (tertiary/aromatic N) is 2. The molecule has 1 saturated heterocycles. The minimum Gasteiger partial charge on any atom is -0.481 e. The molecule has 0 N–H and O–H groups in total. The minimum atomic E-state index is -0.276.